The molecule has 3 rings (SSSR count). The predicted octanol–water partition coefficient (Wildman–Crippen LogP) is 8.27. The molecule has 0 heterocycles. The molecule has 0 aliphatic carbocycles. The molecule has 0 N–H and O–H groups in total. The highest BCUT2D eigenvalue weighted by Crippen LogP contribution is 2.28. The van der Waals surface area contributed by atoms with Crippen LogP contribution in [0.3, 0.4) is 0 Å². The Hall–Kier alpha value is -2.74. The summed E-state index contributed by atoms with van der Waals surface area (Å²) in [6.45, 7) is 4.27. The van der Waals surface area contributed by atoms with E-state index in [-0.39, 0.29) is 11.6 Å². The van der Waals surface area contributed by atoms with E-state index < -0.39 is 0 Å². The van der Waals surface area contributed by atoms with Gasteiger partial charge >= 0.3 is 0 Å². The van der Waals surface area contributed by atoms with Gasteiger partial charge in [-0.25, -0.2) is 4.39 Å². The van der Waals surface area contributed by atoms with E-state index in [4.69, 9.17) is 0 Å². The molecule has 0 fully saturated rings. The van der Waals surface area contributed by atoms with Crippen molar-refractivity contribution < 1.29 is 9.18 Å². The molecular weight excluding hydrogens is 371 g/mol. The first-order valence-corrected chi connectivity index (χ1v) is 11.1. The minimum atomic E-state index is -0.346. The van der Waals surface area contributed by atoms with Crippen molar-refractivity contribution in [2.24, 2.45) is 0 Å². The van der Waals surface area contributed by atoms with Gasteiger partial charge in [-0.15, -0.1) is 0 Å². The summed E-state index contributed by atoms with van der Waals surface area (Å²) >= 11 is 0. The summed E-state index contributed by atoms with van der Waals surface area (Å²) in [4.78, 5) is 12.1. The second-order valence-corrected chi connectivity index (χ2v) is 7.95. The van der Waals surface area contributed by atoms with E-state index in [1.165, 1.54) is 30.9 Å². The topological polar surface area (TPSA) is 17.1 Å². The molecule has 0 radical (unpaired) electrons. The van der Waals surface area contributed by atoms with Crippen molar-refractivity contribution >= 4 is 5.78 Å². The zero-order valence-electron chi connectivity index (χ0n) is 18.1. The molecule has 0 saturated carbocycles. The molecule has 2 heteroatoms. The molecule has 0 amide bonds. The van der Waals surface area contributed by atoms with Crippen LogP contribution in [0.4, 0.5) is 4.39 Å². The summed E-state index contributed by atoms with van der Waals surface area (Å²) < 4.78 is 14.7. The third kappa shape index (κ3) is 5.66. The van der Waals surface area contributed by atoms with Gasteiger partial charge in [-0.05, 0) is 47.6 Å². The van der Waals surface area contributed by atoms with Gasteiger partial charge in [0.05, 0.1) is 0 Å². The first-order valence-electron chi connectivity index (χ1n) is 11.1. The van der Waals surface area contributed by atoms with Crippen LogP contribution in [0.15, 0.2) is 66.7 Å². The van der Waals surface area contributed by atoms with Crippen molar-refractivity contribution in [1.29, 1.82) is 0 Å². The molecule has 0 aliphatic rings. The van der Waals surface area contributed by atoms with Crippen molar-refractivity contribution in [3.8, 4) is 22.3 Å². The smallest absolute Gasteiger partial charge is 0.162 e. The second kappa shape index (κ2) is 10.9. The van der Waals surface area contributed by atoms with Crippen molar-refractivity contribution in [2.45, 2.75) is 58.8 Å². The van der Waals surface area contributed by atoms with Gasteiger partial charge in [-0.3, -0.25) is 4.79 Å². The number of hydrogen-bond acceptors (Lipinski definition) is 1. The first kappa shape index (κ1) is 22.0. The summed E-state index contributed by atoms with van der Waals surface area (Å²) in [5.41, 5.74) is 5.46. The lowest BCUT2D eigenvalue weighted by atomic mass is 9.97. The van der Waals surface area contributed by atoms with Crippen molar-refractivity contribution in [2.75, 3.05) is 0 Å². The van der Waals surface area contributed by atoms with Crippen LogP contribution in [0, 0.1) is 5.82 Å². The van der Waals surface area contributed by atoms with Crippen molar-refractivity contribution in [3.63, 3.8) is 0 Å². The molecule has 30 heavy (non-hydrogen) atoms. The molecule has 1 nitrogen and oxygen atoms in total. The lowest BCUT2D eigenvalue weighted by molar-refractivity contribution is 0.0979. The summed E-state index contributed by atoms with van der Waals surface area (Å²) in [7, 11) is 0. The number of carbonyl (C=O) groups is 1. The van der Waals surface area contributed by atoms with Crippen LogP contribution in [0.5, 0.6) is 0 Å². The van der Waals surface area contributed by atoms with Crippen LogP contribution < -0.4 is 0 Å². The maximum absolute atomic E-state index is 14.7. The quantitative estimate of drug-likeness (QED) is 0.246. The standard InChI is InChI=1S/C28H31FO/c1-3-5-7-8-21-10-12-22(13-11-21)23-14-16-24(17-15-23)26-19-18-25(20-27(26)29)28(30)9-6-4-2/h10-20H,3-9H2,1-2H3. The van der Waals surface area contributed by atoms with Crippen molar-refractivity contribution in [1.82, 2.24) is 0 Å². The van der Waals surface area contributed by atoms with Crippen LogP contribution in [0.1, 0.15) is 68.3 Å². The zero-order valence-corrected chi connectivity index (χ0v) is 18.1. The normalized spacial score (nSPS) is 10.9. The summed E-state index contributed by atoms with van der Waals surface area (Å²) in [5, 5.41) is 0. The minimum absolute atomic E-state index is 0.00999. The van der Waals surface area contributed by atoms with E-state index in [2.05, 4.69) is 31.2 Å². The number of carbonyl (C=O) groups excluding carboxylic acids is 1. The minimum Gasteiger partial charge on any atom is -0.294 e. The molecule has 0 aliphatic heterocycles. The number of rotatable bonds is 10. The first-order chi connectivity index (χ1) is 14.6. The van der Waals surface area contributed by atoms with Gasteiger partial charge in [0, 0.05) is 17.5 Å². The van der Waals surface area contributed by atoms with E-state index in [9.17, 15) is 9.18 Å². The highest BCUT2D eigenvalue weighted by atomic mass is 19.1. The number of ketones is 1. The van der Waals surface area contributed by atoms with Gasteiger partial charge in [-0.2, -0.15) is 0 Å². The predicted molar refractivity (Wildman–Crippen MR) is 124 cm³/mol. The largest absolute Gasteiger partial charge is 0.294 e. The molecule has 3 aromatic rings. The Kier molecular flexibility index (Phi) is 7.96. The lowest BCUT2D eigenvalue weighted by Gasteiger charge is -2.08. The molecule has 156 valence electrons. The van der Waals surface area contributed by atoms with Gasteiger partial charge in [-0.1, -0.05) is 93.8 Å². The van der Waals surface area contributed by atoms with E-state index >= 15 is 0 Å². The lowest BCUT2D eigenvalue weighted by Crippen LogP contribution is -2.00. The van der Waals surface area contributed by atoms with E-state index in [0.717, 1.165) is 36.0 Å². The fourth-order valence-electron chi connectivity index (χ4n) is 3.69. The monoisotopic (exact) mass is 402 g/mol. The highest BCUT2D eigenvalue weighted by Gasteiger charge is 2.11. The van der Waals surface area contributed by atoms with Gasteiger partial charge in [0.25, 0.3) is 0 Å². The SMILES string of the molecule is CCCCCc1ccc(-c2ccc(-c3ccc(C(=O)CCCC)cc3F)cc2)cc1. The maximum atomic E-state index is 14.7. The number of hydrogen-bond donors (Lipinski definition) is 0. The Morgan fingerprint density at radius 3 is 1.93 bits per heavy atom. The Morgan fingerprint density at radius 2 is 1.33 bits per heavy atom. The molecule has 0 bridgehead atoms. The van der Waals surface area contributed by atoms with Gasteiger partial charge < -0.3 is 0 Å². The summed E-state index contributed by atoms with van der Waals surface area (Å²) in [6, 6.07) is 21.5. The average molecular weight is 403 g/mol. The Balaban J connectivity index is 1.71. The Labute approximate surface area is 180 Å². The molecular formula is C28H31FO. The molecule has 0 unspecified atom stereocenters. The van der Waals surface area contributed by atoms with E-state index in [1.807, 2.05) is 31.2 Å². The fraction of sp³-hybridized carbons (Fsp3) is 0.321. The number of benzene rings is 3. The van der Waals surface area contributed by atoms with Gasteiger partial charge in [0.1, 0.15) is 5.82 Å². The summed E-state index contributed by atoms with van der Waals surface area (Å²) in [5.74, 6) is -0.336. The average Bonchev–Trinajstić information content (AvgIpc) is 2.78. The number of aryl methyl sites for hydroxylation is 1. The van der Waals surface area contributed by atoms with E-state index in [0.29, 0.717) is 17.5 Å². The van der Waals surface area contributed by atoms with Crippen LogP contribution in [0.2, 0.25) is 0 Å². The molecule has 0 saturated heterocycles. The fourth-order valence-corrected chi connectivity index (χ4v) is 3.69. The van der Waals surface area contributed by atoms with Crippen LogP contribution in [-0.2, 0) is 6.42 Å². The third-order valence-electron chi connectivity index (χ3n) is 5.60. The summed E-state index contributed by atoms with van der Waals surface area (Å²) in [6.07, 6.45) is 7.14. The molecule has 0 spiro atoms. The number of halogens is 1. The zero-order chi connectivity index (χ0) is 21.3. The van der Waals surface area contributed by atoms with Gasteiger partial charge in [0.15, 0.2) is 5.78 Å². The highest BCUT2D eigenvalue weighted by molar-refractivity contribution is 5.96. The Morgan fingerprint density at radius 1 is 0.733 bits per heavy atom. The maximum Gasteiger partial charge on any atom is 0.162 e. The molecule has 3 aromatic carbocycles. The molecule has 0 aromatic heterocycles. The van der Waals surface area contributed by atoms with Gasteiger partial charge in [0.2, 0.25) is 0 Å². The van der Waals surface area contributed by atoms with Crippen molar-refractivity contribution in [3.05, 3.63) is 83.7 Å². The third-order valence-corrected chi connectivity index (χ3v) is 5.60. The van der Waals surface area contributed by atoms with Crippen LogP contribution in [0.25, 0.3) is 22.3 Å². The van der Waals surface area contributed by atoms with E-state index in [1.54, 1.807) is 12.1 Å². The number of unbranched alkanes of at least 4 members (excludes halogenated alkanes) is 3. The van der Waals surface area contributed by atoms with Crippen LogP contribution in [-0.4, -0.2) is 5.78 Å². The van der Waals surface area contributed by atoms with Crippen LogP contribution >= 0.6 is 0 Å². The molecule has 0 atom stereocenters. The Bertz CT molecular complexity index is 955. The number of Topliss-reactive ketones (excluding diaryl/α,β-unsaturated/α-hetero) is 1. The second-order valence-electron chi connectivity index (χ2n) is 7.95.